The molecule has 2 amide bonds. The van der Waals surface area contributed by atoms with E-state index in [1.165, 1.54) is 0 Å². The van der Waals surface area contributed by atoms with Crippen molar-refractivity contribution in [3.63, 3.8) is 0 Å². The number of hydrogen-bond donors (Lipinski definition) is 4. The number of fused-ring (bicyclic) bond motifs is 1. The van der Waals surface area contributed by atoms with Crippen LogP contribution in [0, 0.1) is 0 Å². The highest BCUT2D eigenvalue weighted by Gasteiger charge is 2.22. The molecule has 2 rings (SSSR count). The van der Waals surface area contributed by atoms with Gasteiger partial charge in [-0.2, -0.15) is 0 Å². The van der Waals surface area contributed by atoms with E-state index >= 15 is 0 Å². The second-order valence-corrected chi connectivity index (χ2v) is 5.02. The van der Waals surface area contributed by atoms with Crippen molar-refractivity contribution in [1.29, 1.82) is 0 Å². The number of benzene rings is 1. The van der Waals surface area contributed by atoms with Crippen molar-refractivity contribution in [3.8, 4) is 0 Å². The Labute approximate surface area is 118 Å². The molecule has 5 heteroatoms. The predicted molar refractivity (Wildman–Crippen MR) is 80.9 cm³/mol. The van der Waals surface area contributed by atoms with Crippen molar-refractivity contribution >= 4 is 22.6 Å². The highest BCUT2D eigenvalue weighted by atomic mass is 16.3. The second kappa shape index (κ2) is 5.96. The van der Waals surface area contributed by atoms with Gasteiger partial charge in [-0.1, -0.05) is 13.8 Å². The van der Waals surface area contributed by atoms with Gasteiger partial charge in [0.2, 0.25) is 0 Å². The molecule has 0 unspecified atom stereocenters. The van der Waals surface area contributed by atoms with Crippen LogP contribution in [0.3, 0.4) is 0 Å². The first-order valence-electron chi connectivity index (χ1n) is 6.90. The van der Waals surface area contributed by atoms with Crippen LogP contribution < -0.4 is 10.6 Å². The maximum atomic E-state index is 11.8. The van der Waals surface area contributed by atoms with Crippen LogP contribution in [0.5, 0.6) is 0 Å². The molecule has 1 aromatic carbocycles. The van der Waals surface area contributed by atoms with Gasteiger partial charge >= 0.3 is 6.03 Å². The number of aromatic nitrogens is 1. The van der Waals surface area contributed by atoms with Gasteiger partial charge in [0.1, 0.15) is 0 Å². The molecule has 0 aliphatic rings. The Morgan fingerprint density at radius 3 is 2.75 bits per heavy atom. The Bertz CT molecular complexity index is 588. The molecule has 4 N–H and O–H groups in total. The van der Waals surface area contributed by atoms with Gasteiger partial charge < -0.3 is 20.7 Å². The highest BCUT2D eigenvalue weighted by molar-refractivity contribution is 5.92. The van der Waals surface area contributed by atoms with E-state index in [4.69, 9.17) is 0 Å². The fourth-order valence-corrected chi connectivity index (χ4v) is 2.05. The molecule has 2 aromatic rings. The average Bonchev–Trinajstić information content (AvgIpc) is 2.92. The Kier molecular flexibility index (Phi) is 4.29. The number of H-pyrrole nitrogens is 1. The molecule has 0 fully saturated rings. The zero-order valence-corrected chi connectivity index (χ0v) is 11.9. The summed E-state index contributed by atoms with van der Waals surface area (Å²) >= 11 is 0. The van der Waals surface area contributed by atoms with E-state index in [2.05, 4.69) is 15.6 Å². The van der Waals surface area contributed by atoms with E-state index in [-0.39, 0.29) is 12.6 Å². The zero-order valence-electron chi connectivity index (χ0n) is 11.9. The van der Waals surface area contributed by atoms with Crippen LogP contribution in [0.15, 0.2) is 30.5 Å². The van der Waals surface area contributed by atoms with E-state index < -0.39 is 5.60 Å². The lowest BCUT2D eigenvalue weighted by molar-refractivity contribution is 0.0354. The number of amides is 2. The fourth-order valence-electron chi connectivity index (χ4n) is 2.05. The lowest BCUT2D eigenvalue weighted by Crippen LogP contribution is -2.43. The van der Waals surface area contributed by atoms with E-state index in [0.717, 1.165) is 16.6 Å². The molecular formula is C15H21N3O2. The van der Waals surface area contributed by atoms with Gasteiger partial charge in [-0.15, -0.1) is 0 Å². The maximum absolute atomic E-state index is 11.8. The minimum absolute atomic E-state index is 0.248. The predicted octanol–water partition coefficient (Wildman–Crippen LogP) is 2.84. The van der Waals surface area contributed by atoms with Crippen LogP contribution in [0.25, 0.3) is 10.9 Å². The molecule has 0 spiro atoms. The SMILES string of the molecule is CCC(O)(CC)CNC(=O)Nc1ccc2[nH]ccc2c1. The van der Waals surface area contributed by atoms with Crippen molar-refractivity contribution in [1.82, 2.24) is 10.3 Å². The summed E-state index contributed by atoms with van der Waals surface area (Å²) in [7, 11) is 0. The smallest absolute Gasteiger partial charge is 0.319 e. The van der Waals surface area contributed by atoms with Crippen molar-refractivity contribution < 1.29 is 9.90 Å². The lowest BCUT2D eigenvalue weighted by atomic mass is 9.98. The summed E-state index contributed by atoms with van der Waals surface area (Å²) in [5.74, 6) is 0. The largest absolute Gasteiger partial charge is 0.388 e. The molecule has 0 atom stereocenters. The van der Waals surface area contributed by atoms with Gasteiger partial charge in [0, 0.05) is 29.3 Å². The first kappa shape index (κ1) is 14.4. The molecule has 1 aromatic heterocycles. The molecular weight excluding hydrogens is 254 g/mol. The number of aliphatic hydroxyl groups is 1. The van der Waals surface area contributed by atoms with Crippen LogP contribution in [0.1, 0.15) is 26.7 Å². The number of urea groups is 1. The number of anilines is 1. The third-order valence-corrected chi connectivity index (χ3v) is 3.71. The Morgan fingerprint density at radius 2 is 2.05 bits per heavy atom. The van der Waals surface area contributed by atoms with E-state index in [1.807, 2.05) is 44.3 Å². The summed E-state index contributed by atoms with van der Waals surface area (Å²) < 4.78 is 0. The number of aromatic amines is 1. The first-order valence-corrected chi connectivity index (χ1v) is 6.90. The third kappa shape index (κ3) is 3.30. The summed E-state index contributed by atoms with van der Waals surface area (Å²) in [6.07, 6.45) is 3.08. The van der Waals surface area contributed by atoms with Crippen LogP contribution in [-0.4, -0.2) is 28.3 Å². The molecule has 0 aliphatic heterocycles. The molecule has 108 valence electrons. The summed E-state index contributed by atoms with van der Waals surface area (Å²) in [4.78, 5) is 14.9. The Hall–Kier alpha value is -2.01. The number of nitrogens with one attached hydrogen (secondary N) is 3. The monoisotopic (exact) mass is 275 g/mol. The van der Waals surface area contributed by atoms with Gasteiger partial charge in [0.25, 0.3) is 0 Å². The van der Waals surface area contributed by atoms with Gasteiger partial charge in [-0.05, 0) is 37.1 Å². The van der Waals surface area contributed by atoms with Crippen molar-refractivity contribution in [2.24, 2.45) is 0 Å². The van der Waals surface area contributed by atoms with Gasteiger partial charge in [-0.25, -0.2) is 4.79 Å². The van der Waals surface area contributed by atoms with E-state index in [0.29, 0.717) is 12.8 Å². The minimum atomic E-state index is -0.831. The normalized spacial score (nSPS) is 11.6. The second-order valence-electron chi connectivity index (χ2n) is 5.02. The topological polar surface area (TPSA) is 77.2 Å². The molecule has 0 saturated carbocycles. The third-order valence-electron chi connectivity index (χ3n) is 3.71. The number of hydrogen-bond acceptors (Lipinski definition) is 2. The minimum Gasteiger partial charge on any atom is -0.388 e. The fraction of sp³-hybridized carbons (Fsp3) is 0.400. The molecule has 0 bridgehead atoms. The molecule has 20 heavy (non-hydrogen) atoms. The molecule has 5 nitrogen and oxygen atoms in total. The van der Waals surface area contributed by atoms with Crippen molar-refractivity contribution in [2.45, 2.75) is 32.3 Å². The van der Waals surface area contributed by atoms with Gasteiger partial charge in [-0.3, -0.25) is 0 Å². The molecule has 0 saturated heterocycles. The average molecular weight is 275 g/mol. The number of carbonyl (C=O) groups excluding carboxylic acids is 1. The van der Waals surface area contributed by atoms with E-state index in [1.54, 1.807) is 0 Å². The van der Waals surface area contributed by atoms with Crippen molar-refractivity contribution in [2.75, 3.05) is 11.9 Å². The number of carbonyl (C=O) groups is 1. The highest BCUT2D eigenvalue weighted by Crippen LogP contribution is 2.18. The summed E-state index contributed by atoms with van der Waals surface area (Å²) in [6.45, 7) is 4.06. The Morgan fingerprint density at radius 1 is 1.30 bits per heavy atom. The Balaban J connectivity index is 1.94. The summed E-state index contributed by atoms with van der Waals surface area (Å²) in [5.41, 5.74) is 0.926. The zero-order chi connectivity index (χ0) is 14.6. The van der Waals surface area contributed by atoms with E-state index in [9.17, 15) is 9.90 Å². The maximum Gasteiger partial charge on any atom is 0.319 e. The standard InChI is InChI=1S/C15H21N3O2/c1-3-15(20,4-2)10-17-14(19)18-12-5-6-13-11(9-12)7-8-16-13/h5-9,16,20H,3-4,10H2,1-2H3,(H2,17,18,19). The van der Waals surface area contributed by atoms with Gasteiger partial charge in [0.15, 0.2) is 0 Å². The summed E-state index contributed by atoms with van der Waals surface area (Å²) in [5, 5.41) is 16.6. The lowest BCUT2D eigenvalue weighted by Gasteiger charge is -2.25. The summed E-state index contributed by atoms with van der Waals surface area (Å²) in [6, 6.07) is 7.30. The van der Waals surface area contributed by atoms with Gasteiger partial charge in [0.05, 0.1) is 5.60 Å². The van der Waals surface area contributed by atoms with Crippen LogP contribution in [0.4, 0.5) is 10.5 Å². The molecule has 0 aliphatic carbocycles. The van der Waals surface area contributed by atoms with Crippen LogP contribution >= 0.6 is 0 Å². The van der Waals surface area contributed by atoms with Crippen molar-refractivity contribution in [3.05, 3.63) is 30.5 Å². The van der Waals surface area contributed by atoms with Crippen LogP contribution in [0.2, 0.25) is 0 Å². The first-order chi connectivity index (χ1) is 9.56. The molecule has 1 heterocycles. The number of rotatable bonds is 5. The van der Waals surface area contributed by atoms with Crippen LogP contribution in [-0.2, 0) is 0 Å². The molecule has 0 radical (unpaired) electrons. The quantitative estimate of drug-likeness (QED) is 0.677.